The molecule has 2 nitrogen and oxygen atoms in total. The number of aryl methyl sites for hydroxylation is 1. The van der Waals surface area contributed by atoms with Gasteiger partial charge in [-0.1, -0.05) is 47.6 Å². The van der Waals surface area contributed by atoms with E-state index in [0.29, 0.717) is 12.4 Å². The summed E-state index contributed by atoms with van der Waals surface area (Å²) in [6.45, 7) is 16.4. The van der Waals surface area contributed by atoms with Gasteiger partial charge in [0.05, 0.1) is 0 Å². The maximum absolute atomic E-state index is 10.9. The molecule has 1 aromatic rings. The van der Waals surface area contributed by atoms with Crippen LogP contribution in [0.4, 0.5) is 0 Å². The molecule has 21 heavy (non-hydrogen) atoms. The van der Waals surface area contributed by atoms with Gasteiger partial charge in [0.15, 0.2) is 0 Å². The molecule has 2 rings (SSSR count). The number of fused-ring (bicyclic) bond motifs is 1. The van der Waals surface area contributed by atoms with Crippen LogP contribution in [-0.2, 0) is 22.0 Å². The molecule has 0 saturated carbocycles. The Kier molecular flexibility index (Phi) is 3.94. The van der Waals surface area contributed by atoms with Crippen molar-refractivity contribution < 1.29 is 9.53 Å². The molecule has 1 unspecified atom stereocenters. The largest absolute Gasteiger partial charge is 0.428 e. The second-order valence-corrected chi connectivity index (χ2v) is 7.70. The molecule has 1 aliphatic rings. The van der Waals surface area contributed by atoms with Gasteiger partial charge in [-0.15, -0.1) is 0 Å². The van der Waals surface area contributed by atoms with Crippen molar-refractivity contribution in [2.24, 2.45) is 5.92 Å². The van der Waals surface area contributed by atoms with Gasteiger partial charge in [-0.05, 0) is 58.8 Å². The molecule has 116 valence electrons. The molecule has 0 bridgehead atoms. The predicted octanol–water partition coefficient (Wildman–Crippen LogP) is 4.69. The Morgan fingerprint density at radius 1 is 1.33 bits per heavy atom. The molecule has 1 aliphatic carbocycles. The van der Waals surface area contributed by atoms with E-state index in [9.17, 15) is 4.79 Å². The Hall–Kier alpha value is -1.31. The molecule has 0 aromatic heterocycles. The van der Waals surface area contributed by atoms with Crippen LogP contribution in [-0.4, -0.2) is 6.47 Å². The lowest BCUT2D eigenvalue weighted by molar-refractivity contribution is -0.120. The van der Waals surface area contributed by atoms with E-state index in [1.54, 1.807) is 0 Å². The van der Waals surface area contributed by atoms with Crippen molar-refractivity contribution in [1.29, 1.82) is 0 Å². The molecule has 0 fully saturated rings. The minimum atomic E-state index is 0.115. The van der Waals surface area contributed by atoms with Gasteiger partial charge in [0.1, 0.15) is 5.75 Å². The molecule has 1 atom stereocenters. The second-order valence-electron chi connectivity index (χ2n) is 7.70. The number of carbonyl (C=O) groups excluding carboxylic acids is 1. The van der Waals surface area contributed by atoms with Crippen molar-refractivity contribution in [2.75, 3.05) is 0 Å². The Bertz CT molecular complexity index is 567. The van der Waals surface area contributed by atoms with Gasteiger partial charge >= 0.3 is 0 Å². The summed E-state index contributed by atoms with van der Waals surface area (Å²) < 4.78 is 5.33. The zero-order valence-electron chi connectivity index (χ0n) is 14.5. The van der Waals surface area contributed by atoms with E-state index in [4.69, 9.17) is 4.74 Å². The van der Waals surface area contributed by atoms with Gasteiger partial charge in [-0.3, -0.25) is 4.79 Å². The monoisotopic (exact) mass is 288 g/mol. The van der Waals surface area contributed by atoms with Crippen molar-refractivity contribution in [3.05, 3.63) is 28.3 Å². The van der Waals surface area contributed by atoms with Gasteiger partial charge in [0.25, 0.3) is 6.47 Å². The standard InChI is InChI=1S/C19H28O2/c1-8-14-16-15(9-12(2)17(14)21-11-20)19(6,7)13(3)10-18(16,4)5/h9,11,13H,8,10H2,1-7H3. The summed E-state index contributed by atoms with van der Waals surface area (Å²) in [6, 6.07) is 2.24. The highest BCUT2D eigenvalue weighted by molar-refractivity contribution is 5.60. The molecule has 0 radical (unpaired) electrons. The molecule has 0 N–H and O–H groups in total. The Morgan fingerprint density at radius 3 is 2.48 bits per heavy atom. The van der Waals surface area contributed by atoms with Crippen LogP contribution in [0.25, 0.3) is 0 Å². The van der Waals surface area contributed by atoms with Gasteiger partial charge in [-0.2, -0.15) is 0 Å². The van der Waals surface area contributed by atoms with Crippen LogP contribution in [0.2, 0.25) is 0 Å². The average molecular weight is 288 g/mol. The first-order chi connectivity index (χ1) is 9.66. The Balaban J connectivity index is 2.84. The lowest BCUT2D eigenvalue weighted by Crippen LogP contribution is -2.41. The topological polar surface area (TPSA) is 26.3 Å². The summed E-state index contributed by atoms with van der Waals surface area (Å²) in [5.41, 5.74) is 5.37. The maximum Gasteiger partial charge on any atom is 0.298 e. The first kappa shape index (κ1) is 16.1. The number of carbonyl (C=O) groups is 1. The number of hydrogen-bond acceptors (Lipinski definition) is 2. The fraction of sp³-hybridized carbons (Fsp3) is 0.632. The van der Waals surface area contributed by atoms with Crippen molar-refractivity contribution in [3.8, 4) is 5.75 Å². The molecular weight excluding hydrogens is 260 g/mol. The maximum atomic E-state index is 10.9. The van der Waals surface area contributed by atoms with Crippen molar-refractivity contribution in [1.82, 2.24) is 0 Å². The molecule has 2 heteroatoms. The number of benzene rings is 1. The van der Waals surface area contributed by atoms with Crippen LogP contribution in [0.3, 0.4) is 0 Å². The molecular formula is C19H28O2. The zero-order chi connectivity index (χ0) is 16.0. The van der Waals surface area contributed by atoms with Gasteiger partial charge < -0.3 is 4.74 Å². The summed E-state index contributed by atoms with van der Waals surface area (Å²) in [5, 5.41) is 0. The fourth-order valence-corrected chi connectivity index (χ4v) is 4.09. The highest BCUT2D eigenvalue weighted by Gasteiger charge is 2.43. The van der Waals surface area contributed by atoms with Crippen LogP contribution in [0, 0.1) is 12.8 Å². The summed E-state index contributed by atoms with van der Waals surface area (Å²) >= 11 is 0. The predicted molar refractivity (Wildman–Crippen MR) is 87.1 cm³/mol. The molecule has 0 spiro atoms. The number of ether oxygens (including phenoxy) is 1. The van der Waals surface area contributed by atoms with Crippen LogP contribution in [0.15, 0.2) is 6.07 Å². The van der Waals surface area contributed by atoms with Gasteiger partial charge in [-0.25, -0.2) is 0 Å². The third kappa shape index (κ3) is 2.39. The van der Waals surface area contributed by atoms with Crippen LogP contribution >= 0.6 is 0 Å². The van der Waals surface area contributed by atoms with E-state index < -0.39 is 0 Å². The fourth-order valence-electron chi connectivity index (χ4n) is 4.09. The lowest BCUT2D eigenvalue weighted by atomic mass is 9.57. The van der Waals surface area contributed by atoms with Gasteiger partial charge in [0.2, 0.25) is 0 Å². The normalized spacial score (nSPS) is 22.5. The van der Waals surface area contributed by atoms with E-state index in [-0.39, 0.29) is 10.8 Å². The smallest absolute Gasteiger partial charge is 0.298 e. The molecule has 0 heterocycles. The highest BCUT2D eigenvalue weighted by Crippen LogP contribution is 2.52. The molecule has 0 amide bonds. The molecule has 0 saturated heterocycles. The van der Waals surface area contributed by atoms with Crippen LogP contribution < -0.4 is 4.74 Å². The highest BCUT2D eigenvalue weighted by atomic mass is 16.5. The number of rotatable bonds is 3. The van der Waals surface area contributed by atoms with E-state index in [1.165, 1.54) is 16.7 Å². The van der Waals surface area contributed by atoms with E-state index >= 15 is 0 Å². The second kappa shape index (κ2) is 5.15. The van der Waals surface area contributed by atoms with Crippen molar-refractivity contribution >= 4 is 6.47 Å². The summed E-state index contributed by atoms with van der Waals surface area (Å²) in [4.78, 5) is 10.9. The van der Waals surface area contributed by atoms with Crippen molar-refractivity contribution in [2.45, 2.75) is 72.1 Å². The lowest BCUT2D eigenvalue weighted by Gasteiger charge is -2.48. The third-order valence-electron chi connectivity index (χ3n) is 5.50. The average Bonchev–Trinajstić information content (AvgIpc) is 2.38. The SMILES string of the molecule is CCc1c(OC=O)c(C)cc2c1C(C)(C)CC(C)C2(C)C. The van der Waals surface area contributed by atoms with Crippen LogP contribution in [0.1, 0.15) is 70.2 Å². The molecule has 0 aliphatic heterocycles. The summed E-state index contributed by atoms with van der Waals surface area (Å²) in [7, 11) is 0. The number of hydrogen-bond donors (Lipinski definition) is 0. The first-order valence-electron chi connectivity index (χ1n) is 7.94. The zero-order valence-corrected chi connectivity index (χ0v) is 14.5. The van der Waals surface area contributed by atoms with E-state index in [0.717, 1.165) is 24.2 Å². The van der Waals surface area contributed by atoms with Crippen LogP contribution in [0.5, 0.6) is 5.75 Å². The Morgan fingerprint density at radius 2 is 1.95 bits per heavy atom. The van der Waals surface area contributed by atoms with E-state index in [2.05, 4.69) is 47.6 Å². The first-order valence-corrected chi connectivity index (χ1v) is 7.94. The van der Waals surface area contributed by atoms with Crippen molar-refractivity contribution in [3.63, 3.8) is 0 Å². The molecule has 1 aromatic carbocycles. The summed E-state index contributed by atoms with van der Waals surface area (Å²) in [6.07, 6.45) is 2.05. The summed E-state index contributed by atoms with van der Waals surface area (Å²) in [5.74, 6) is 1.40. The quantitative estimate of drug-likeness (QED) is 0.754. The third-order valence-corrected chi connectivity index (χ3v) is 5.50. The van der Waals surface area contributed by atoms with E-state index in [1.807, 2.05) is 6.92 Å². The van der Waals surface area contributed by atoms with Gasteiger partial charge in [0, 0.05) is 0 Å². The Labute approximate surface area is 128 Å². The minimum absolute atomic E-state index is 0.115. The minimum Gasteiger partial charge on any atom is -0.428 e.